The third kappa shape index (κ3) is 3.98. The minimum atomic E-state index is 0.590. The second-order valence-corrected chi connectivity index (χ2v) is 5.39. The molecule has 1 aromatic carbocycles. The number of hydrogen-bond acceptors (Lipinski definition) is 1. The van der Waals surface area contributed by atoms with Gasteiger partial charge in [0, 0.05) is 12.6 Å². The molecule has 2 N–H and O–H groups in total. The molecule has 0 bridgehead atoms. The van der Waals surface area contributed by atoms with Crippen molar-refractivity contribution in [2.75, 3.05) is 0 Å². The van der Waals surface area contributed by atoms with Crippen LogP contribution in [0.3, 0.4) is 0 Å². The summed E-state index contributed by atoms with van der Waals surface area (Å²) in [5, 5.41) is 7.47. The van der Waals surface area contributed by atoms with Gasteiger partial charge in [-0.2, -0.15) is 0 Å². The van der Waals surface area contributed by atoms with Crippen molar-refractivity contribution in [1.82, 2.24) is 10.6 Å². The lowest BCUT2D eigenvalue weighted by atomic mass is 10.1. The fraction of sp³-hybridized carbons (Fsp3) is 0.533. The van der Waals surface area contributed by atoms with E-state index >= 15 is 0 Å². The predicted molar refractivity (Wildman–Crippen MR) is 80.6 cm³/mol. The zero-order valence-electron chi connectivity index (χ0n) is 11.0. The van der Waals surface area contributed by atoms with E-state index in [0.29, 0.717) is 6.04 Å². The molecule has 0 aliphatic heterocycles. The molecule has 3 heteroatoms. The van der Waals surface area contributed by atoms with Gasteiger partial charge in [0.1, 0.15) is 0 Å². The van der Waals surface area contributed by atoms with Crippen molar-refractivity contribution in [2.45, 2.75) is 51.6 Å². The maximum absolute atomic E-state index is 5.32. The van der Waals surface area contributed by atoms with Gasteiger partial charge in [-0.25, -0.2) is 0 Å². The first kappa shape index (κ1) is 13.3. The molecule has 0 aromatic heterocycles. The zero-order chi connectivity index (χ0) is 12.8. The molecule has 98 valence electrons. The number of rotatable bonds is 4. The molecular weight excluding hydrogens is 240 g/mol. The first-order valence-corrected chi connectivity index (χ1v) is 7.31. The monoisotopic (exact) mass is 262 g/mol. The Kier molecular flexibility index (Phi) is 5.00. The van der Waals surface area contributed by atoms with Crippen LogP contribution < -0.4 is 10.6 Å². The van der Waals surface area contributed by atoms with E-state index in [1.807, 2.05) is 0 Å². The van der Waals surface area contributed by atoms with E-state index in [1.165, 1.54) is 36.8 Å². The number of thiocarbonyl (C=S) groups is 1. The van der Waals surface area contributed by atoms with Crippen LogP contribution in [-0.2, 0) is 13.0 Å². The van der Waals surface area contributed by atoms with Gasteiger partial charge in [-0.3, -0.25) is 0 Å². The summed E-state index contributed by atoms with van der Waals surface area (Å²) in [7, 11) is 0. The lowest BCUT2D eigenvalue weighted by Gasteiger charge is -2.15. The first-order valence-electron chi connectivity index (χ1n) is 6.90. The van der Waals surface area contributed by atoms with Gasteiger partial charge in [-0.05, 0) is 42.6 Å². The quantitative estimate of drug-likeness (QED) is 0.815. The molecule has 1 aromatic rings. The van der Waals surface area contributed by atoms with Gasteiger partial charge in [0.15, 0.2) is 5.11 Å². The summed E-state index contributed by atoms with van der Waals surface area (Å²) < 4.78 is 0. The first-order chi connectivity index (χ1) is 8.78. The molecule has 0 radical (unpaired) electrons. The number of nitrogens with one attached hydrogen (secondary N) is 2. The van der Waals surface area contributed by atoms with Crippen molar-refractivity contribution in [3.05, 3.63) is 35.4 Å². The second-order valence-electron chi connectivity index (χ2n) is 4.98. The van der Waals surface area contributed by atoms with Gasteiger partial charge < -0.3 is 10.6 Å². The maximum Gasteiger partial charge on any atom is 0.166 e. The lowest BCUT2D eigenvalue weighted by Crippen LogP contribution is -2.40. The number of hydrogen-bond donors (Lipinski definition) is 2. The third-order valence-electron chi connectivity index (χ3n) is 3.57. The van der Waals surface area contributed by atoms with Crippen LogP contribution in [0.5, 0.6) is 0 Å². The van der Waals surface area contributed by atoms with E-state index < -0.39 is 0 Å². The Balaban J connectivity index is 1.74. The van der Waals surface area contributed by atoms with Crippen LogP contribution in [0.4, 0.5) is 0 Å². The standard InChI is InChI=1S/C15H22N2S/c1-2-12-7-9-13(10-8-12)11-16-15(18)17-14-5-3-4-6-14/h7-10,14H,2-6,11H2,1H3,(H2,16,17,18). The Morgan fingerprint density at radius 3 is 2.39 bits per heavy atom. The highest BCUT2D eigenvalue weighted by Crippen LogP contribution is 2.17. The van der Waals surface area contributed by atoms with Gasteiger partial charge in [0.2, 0.25) is 0 Å². The van der Waals surface area contributed by atoms with Crippen molar-refractivity contribution < 1.29 is 0 Å². The van der Waals surface area contributed by atoms with Crippen LogP contribution in [0.1, 0.15) is 43.7 Å². The summed E-state index contributed by atoms with van der Waals surface area (Å²) in [5.41, 5.74) is 2.66. The predicted octanol–water partition coefficient (Wildman–Crippen LogP) is 3.16. The summed E-state index contributed by atoms with van der Waals surface area (Å²) in [6, 6.07) is 9.30. The summed E-state index contributed by atoms with van der Waals surface area (Å²) >= 11 is 5.32. The van der Waals surface area contributed by atoms with Crippen molar-refractivity contribution in [1.29, 1.82) is 0 Å². The average Bonchev–Trinajstić information content (AvgIpc) is 2.90. The minimum Gasteiger partial charge on any atom is -0.360 e. The third-order valence-corrected chi connectivity index (χ3v) is 3.84. The lowest BCUT2D eigenvalue weighted by molar-refractivity contribution is 0.621. The minimum absolute atomic E-state index is 0.590. The second kappa shape index (κ2) is 6.74. The highest BCUT2D eigenvalue weighted by molar-refractivity contribution is 7.80. The smallest absolute Gasteiger partial charge is 0.166 e. The Labute approximate surface area is 115 Å². The summed E-state index contributed by atoms with van der Waals surface area (Å²) in [5.74, 6) is 0. The molecule has 0 spiro atoms. The summed E-state index contributed by atoms with van der Waals surface area (Å²) in [6.07, 6.45) is 6.27. The highest BCUT2D eigenvalue weighted by Gasteiger charge is 2.14. The molecule has 2 rings (SSSR count). The molecule has 0 unspecified atom stereocenters. The highest BCUT2D eigenvalue weighted by atomic mass is 32.1. The molecule has 1 saturated carbocycles. The van der Waals surface area contributed by atoms with Crippen molar-refractivity contribution >= 4 is 17.3 Å². The van der Waals surface area contributed by atoms with Crippen LogP contribution in [-0.4, -0.2) is 11.2 Å². The van der Waals surface area contributed by atoms with E-state index in [4.69, 9.17) is 12.2 Å². The molecular formula is C15H22N2S. The SMILES string of the molecule is CCc1ccc(CNC(=S)NC2CCCC2)cc1. The number of benzene rings is 1. The zero-order valence-corrected chi connectivity index (χ0v) is 11.9. The van der Waals surface area contributed by atoms with Gasteiger partial charge in [0.05, 0.1) is 0 Å². The van der Waals surface area contributed by atoms with Gasteiger partial charge >= 0.3 is 0 Å². The summed E-state index contributed by atoms with van der Waals surface area (Å²) in [4.78, 5) is 0. The Morgan fingerprint density at radius 2 is 1.78 bits per heavy atom. The van der Waals surface area contributed by atoms with Crippen molar-refractivity contribution in [3.63, 3.8) is 0 Å². The normalized spacial score (nSPS) is 15.6. The molecule has 0 saturated heterocycles. The van der Waals surface area contributed by atoms with E-state index in [2.05, 4.69) is 41.8 Å². The molecule has 0 amide bonds. The van der Waals surface area contributed by atoms with Gasteiger partial charge in [-0.15, -0.1) is 0 Å². The molecule has 1 aliphatic rings. The Hall–Kier alpha value is -1.09. The Morgan fingerprint density at radius 1 is 1.17 bits per heavy atom. The van der Waals surface area contributed by atoms with Crippen LogP contribution in [0, 0.1) is 0 Å². The molecule has 0 atom stereocenters. The van der Waals surface area contributed by atoms with Crippen LogP contribution in [0.15, 0.2) is 24.3 Å². The van der Waals surface area contributed by atoms with Crippen LogP contribution in [0.25, 0.3) is 0 Å². The maximum atomic E-state index is 5.32. The van der Waals surface area contributed by atoms with Gasteiger partial charge in [0.25, 0.3) is 0 Å². The fourth-order valence-corrected chi connectivity index (χ4v) is 2.62. The molecule has 1 fully saturated rings. The van der Waals surface area contributed by atoms with Crippen molar-refractivity contribution in [2.24, 2.45) is 0 Å². The summed E-state index contributed by atoms with van der Waals surface area (Å²) in [6.45, 7) is 2.98. The van der Waals surface area contributed by atoms with Crippen molar-refractivity contribution in [3.8, 4) is 0 Å². The van der Waals surface area contributed by atoms with Crippen LogP contribution >= 0.6 is 12.2 Å². The van der Waals surface area contributed by atoms with E-state index in [9.17, 15) is 0 Å². The van der Waals surface area contributed by atoms with Crippen LogP contribution in [0.2, 0.25) is 0 Å². The fourth-order valence-electron chi connectivity index (χ4n) is 2.38. The van der Waals surface area contributed by atoms with E-state index in [0.717, 1.165) is 18.1 Å². The molecule has 1 aliphatic carbocycles. The van der Waals surface area contributed by atoms with E-state index in [1.54, 1.807) is 0 Å². The molecule has 18 heavy (non-hydrogen) atoms. The number of aryl methyl sites for hydroxylation is 1. The molecule has 0 heterocycles. The topological polar surface area (TPSA) is 24.1 Å². The Bertz CT molecular complexity index is 380. The molecule has 2 nitrogen and oxygen atoms in total. The van der Waals surface area contributed by atoms with Gasteiger partial charge in [-0.1, -0.05) is 44.0 Å². The van der Waals surface area contributed by atoms with E-state index in [-0.39, 0.29) is 0 Å². The average molecular weight is 262 g/mol. The largest absolute Gasteiger partial charge is 0.360 e.